The van der Waals surface area contributed by atoms with Gasteiger partial charge in [0.25, 0.3) is 5.89 Å². The first kappa shape index (κ1) is 11.5. The Hall–Kier alpha value is -1.98. The normalized spacial score (nSPS) is 10.8. The fourth-order valence-corrected chi connectivity index (χ4v) is 1.44. The van der Waals surface area contributed by atoms with Gasteiger partial charge in [0.2, 0.25) is 0 Å². The first-order valence-corrected chi connectivity index (χ1v) is 5.19. The molecule has 1 aromatic heterocycles. The highest BCUT2D eigenvalue weighted by Crippen LogP contribution is 2.26. The van der Waals surface area contributed by atoms with Gasteiger partial charge in [0.05, 0.1) is 5.56 Å². The van der Waals surface area contributed by atoms with Crippen LogP contribution < -0.4 is 5.73 Å². The lowest BCUT2D eigenvalue weighted by molar-refractivity contribution is 0.421. The molecule has 1 heterocycles. The highest BCUT2D eigenvalue weighted by Gasteiger charge is 2.15. The number of nitrogens with zero attached hydrogens (tertiary/aromatic N) is 2. The average molecular weight is 239 g/mol. The minimum atomic E-state index is -1.00. The molecule has 0 saturated heterocycles. The van der Waals surface area contributed by atoms with Gasteiger partial charge in [0.15, 0.2) is 17.5 Å². The number of rotatable bonds is 3. The van der Waals surface area contributed by atoms with Gasteiger partial charge >= 0.3 is 0 Å². The number of anilines is 1. The second kappa shape index (κ2) is 4.48. The first-order valence-electron chi connectivity index (χ1n) is 5.19. The molecule has 4 nitrogen and oxygen atoms in total. The molecule has 0 atom stereocenters. The third-order valence-corrected chi connectivity index (χ3v) is 2.26. The average Bonchev–Trinajstić information content (AvgIpc) is 2.72. The fourth-order valence-electron chi connectivity index (χ4n) is 1.44. The lowest BCUT2D eigenvalue weighted by Gasteiger charge is -2.01. The molecule has 17 heavy (non-hydrogen) atoms. The summed E-state index contributed by atoms with van der Waals surface area (Å²) in [5, 5.41) is 3.72. The molecule has 0 amide bonds. The van der Waals surface area contributed by atoms with E-state index in [1.807, 2.05) is 6.92 Å². The highest BCUT2D eigenvalue weighted by atomic mass is 19.2. The van der Waals surface area contributed by atoms with Crippen LogP contribution in [0.4, 0.5) is 14.5 Å². The number of aryl methyl sites for hydroxylation is 1. The Balaban J connectivity index is 2.41. The van der Waals surface area contributed by atoms with E-state index in [1.54, 1.807) is 0 Å². The first-order chi connectivity index (χ1) is 8.11. The second-order valence-corrected chi connectivity index (χ2v) is 3.62. The maximum atomic E-state index is 13.1. The van der Waals surface area contributed by atoms with E-state index >= 15 is 0 Å². The quantitative estimate of drug-likeness (QED) is 0.836. The van der Waals surface area contributed by atoms with Gasteiger partial charge in [-0.05, 0) is 12.5 Å². The molecule has 2 N–H and O–H groups in total. The number of hydrogen-bond donors (Lipinski definition) is 1. The SMILES string of the molecule is CCCc1noc(-c2cc(F)c(F)cc2N)n1. The molecular weight excluding hydrogens is 228 g/mol. The van der Waals surface area contributed by atoms with Crippen molar-refractivity contribution in [3.8, 4) is 11.5 Å². The maximum Gasteiger partial charge on any atom is 0.260 e. The summed E-state index contributed by atoms with van der Waals surface area (Å²) in [5.41, 5.74) is 5.84. The van der Waals surface area contributed by atoms with E-state index in [9.17, 15) is 8.78 Å². The number of hydrogen-bond acceptors (Lipinski definition) is 4. The van der Waals surface area contributed by atoms with Gasteiger partial charge in [0, 0.05) is 18.2 Å². The standard InChI is InChI=1S/C11H11F2N3O/c1-2-3-10-15-11(17-16-10)6-4-7(12)8(13)5-9(6)14/h4-5H,2-3,14H2,1H3. The predicted molar refractivity (Wildman–Crippen MR) is 58.1 cm³/mol. The molecule has 0 aliphatic rings. The van der Waals surface area contributed by atoms with Gasteiger partial charge < -0.3 is 10.3 Å². The zero-order chi connectivity index (χ0) is 12.4. The largest absolute Gasteiger partial charge is 0.398 e. The van der Waals surface area contributed by atoms with E-state index in [4.69, 9.17) is 10.3 Å². The van der Waals surface area contributed by atoms with Gasteiger partial charge in [-0.15, -0.1) is 0 Å². The third-order valence-electron chi connectivity index (χ3n) is 2.26. The molecule has 0 aliphatic heterocycles. The number of halogens is 2. The lowest BCUT2D eigenvalue weighted by atomic mass is 10.1. The van der Waals surface area contributed by atoms with Crippen LogP contribution in [-0.4, -0.2) is 10.1 Å². The smallest absolute Gasteiger partial charge is 0.260 e. The minimum absolute atomic E-state index is 0.0654. The van der Waals surface area contributed by atoms with Gasteiger partial charge in [-0.25, -0.2) is 8.78 Å². The van der Waals surface area contributed by atoms with E-state index in [2.05, 4.69) is 10.1 Å². The topological polar surface area (TPSA) is 64.9 Å². The van der Waals surface area contributed by atoms with Crippen molar-refractivity contribution >= 4 is 5.69 Å². The molecule has 0 unspecified atom stereocenters. The lowest BCUT2D eigenvalue weighted by Crippen LogP contribution is -1.95. The summed E-state index contributed by atoms with van der Waals surface area (Å²) in [4.78, 5) is 4.05. The molecule has 0 spiro atoms. The zero-order valence-corrected chi connectivity index (χ0v) is 9.20. The van der Waals surface area contributed by atoms with Crippen LogP contribution in [0.3, 0.4) is 0 Å². The van der Waals surface area contributed by atoms with Gasteiger partial charge in [-0.2, -0.15) is 4.98 Å². The van der Waals surface area contributed by atoms with E-state index in [-0.39, 0.29) is 17.1 Å². The number of benzene rings is 1. The van der Waals surface area contributed by atoms with Crippen LogP contribution in [0.2, 0.25) is 0 Å². The van der Waals surface area contributed by atoms with E-state index in [0.717, 1.165) is 18.6 Å². The molecule has 1 aromatic carbocycles. The molecule has 0 saturated carbocycles. The molecule has 90 valence electrons. The van der Waals surface area contributed by atoms with Crippen LogP contribution in [0.5, 0.6) is 0 Å². The molecule has 0 aliphatic carbocycles. The summed E-state index contributed by atoms with van der Waals surface area (Å²) in [6.07, 6.45) is 1.53. The molecule has 2 rings (SSSR count). The van der Waals surface area contributed by atoms with Crippen molar-refractivity contribution in [1.82, 2.24) is 10.1 Å². The van der Waals surface area contributed by atoms with Crippen molar-refractivity contribution in [1.29, 1.82) is 0 Å². The summed E-state index contributed by atoms with van der Waals surface area (Å²) < 4.78 is 30.9. The third kappa shape index (κ3) is 2.25. The predicted octanol–water partition coefficient (Wildman–Crippen LogP) is 2.55. The van der Waals surface area contributed by atoms with Crippen LogP contribution in [-0.2, 0) is 6.42 Å². The molecule has 6 heteroatoms. The summed E-state index contributed by atoms with van der Waals surface area (Å²) in [6.45, 7) is 1.97. The highest BCUT2D eigenvalue weighted by molar-refractivity contribution is 5.70. The fraction of sp³-hybridized carbons (Fsp3) is 0.273. The van der Waals surface area contributed by atoms with Gasteiger partial charge in [0.1, 0.15) is 0 Å². The van der Waals surface area contributed by atoms with Crippen LogP contribution in [0.25, 0.3) is 11.5 Å². The minimum Gasteiger partial charge on any atom is -0.398 e. The van der Waals surface area contributed by atoms with Crippen LogP contribution in [0.1, 0.15) is 19.2 Å². The van der Waals surface area contributed by atoms with E-state index < -0.39 is 11.6 Å². The second-order valence-electron chi connectivity index (χ2n) is 3.62. The Labute approximate surface area is 96.4 Å². The van der Waals surface area contributed by atoms with Crippen molar-refractivity contribution < 1.29 is 13.3 Å². The number of nitrogen functional groups attached to an aromatic ring is 1. The summed E-state index contributed by atoms with van der Waals surface area (Å²) in [7, 11) is 0. The molecule has 2 aromatic rings. The van der Waals surface area contributed by atoms with Crippen molar-refractivity contribution in [2.45, 2.75) is 19.8 Å². The van der Waals surface area contributed by atoms with Crippen LogP contribution in [0.15, 0.2) is 16.7 Å². The van der Waals surface area contributed by atoms with Crippen molar-refractivity contribution in [3.63, 3.8) is 0 Å². The Morgan fingerprint density at radius 2 is 2.00 bits per heavy atom. The number of aromatic nitrogens is 2. The van der Waals surface area contributed by atoms with Crippen molar-refractivity contribution in [3.05, 3.63) is 29.6 Å². The Kier molecular flexibility index (Phi) is 3.03. The summed E-state index contributed by atoms with van der Waals surface area (Å²) in [6, 6.07) is 1.85. The van der Waals surface area contributed by atoms with Crippen molar-refractivity contribution in [2.75, 3.05) is 5.73 Å². The Morgan fingerprint density at radius 1 is 1.29 bits per heavy atom. The molecular formula is C11H11F2N3O. The molecule has 0 radical (unpaired) electrons. The van der Waals surface area contributed by atoms with Crippen LogP contribution >= 0.6 is 0 Å². The van der Waals surface area contributed by atoms with Gasteiger partial charge in [-0.1, -0.05) is 12.1 Å². The van der Waals surface area contributed by atoms with Crippen molar-refractivity contribution in [2.24, 2.45) is 0 Å². The maximum absolute atomic E-state index is 13.1. The summed E-state index contributed by atoms with van der Waals surface area (Å²) in [5.74, 6) is -1.37. The monoisotopic (exact) mass is 239 g/mol. The van der Waals surface area contributed by atoms with Gasteiger partial charge in [-0.3, -0.25) is 0 Å². The number of nitrogens with two attached hydrogens (primary N) is 1. The molecule has 0 bridgehead atoms. The zero-order valence-electron chi connectivity index (χ0n) is 9.20. The Morgan fingerprint density at radius 3 is 2.71 bits per heavy atom. The van der Waals surface area contributed by atoms with E-state index in [1.165, 1.54) is 0 Å². The summed E-state index contributed by atoms with van der Waals surface area (Å²) >= 11 is 0. The van der Waals surface area contributed by atoms with Crippen LogP contribution in [0, 0.1) is 11.6 Å². The molecule has 0 fully saturated rings. The Bertz CT molecular complexity index is 540. The van der Waals surface area contributed by atoms with E-state index in [0.29, 0.717) is 12.2 Å².